The van der Waals surface area contributed by atoms with E-state index in [0.717, 1.165) is 6.42 Å². The first kappa shape index (κ1) is 11.4. The van der Waals surface area contributed by atoms with Gasteiger partial charge in [-0.05, 0) is 6.42 Å². The first-order valence-electron chi connectivity index (χ1n) is 4.12. The molecule has 0 aromatic carbocycles. The Balaban J connectivity index is 4.06. The van der Waals surface area contributed by atoms with Crippen molar-refractivity contribution < 1.29 is 4.74 Å². The van der Waals surface area contributed by atoms with E-state index in [4.69, 9.17) is 16.9 Å². The van der Waals surface area contributed by atoms with E-state index < -0.39 is 0 Å². The maximum absolute atomic E-state index is 5.63. The van der Waals surface area contributed by atoms with Crippen LogP contribution >= 0.6 is 0 Å². The Morgan fingerprint density at radius 1 is 1.67 bits per heavy atom. The van der Waals surface area contributed by atoms with Gasteiger partial charge < -0.3 is 10.5 Å². The van der Waals surface area contributed by atoms with Gasteiger partial charge in [0.1, 0.15) is 0 Å². The summed E-state index contributed by atoms with van der Waals surface area (Å²) in [4.78, 5) is 0. The van der Waals surface area contributed by atoms with Crippen molar-refractivity contribution in [1.29, 1.82) is 0 Å². The molecule has 70 valence electrons. The Kier molecular flexibility index (Phi) is 5.73. The first-order chi connectivity index (χ1) is 5.74. The van der Waals surface area contributed by atoms with Crippen LogP contribution in [0.3, 0.4) is 0 Å². The molecule has 1 atom stereocenters. The third kappa shape index (κ3) is 3.22. The molecule has 12 heavy (non-hydrogen) atoms. The summed E-state index contributed by atoms with van der Waals surface area (Å²) in [5.41, 5.74) is 5.48. The number of rotatable bonds is 6. The van der Waals surface area contributed by atoms with Gasteiger partial charge in [-0.25, -0.2) is 0 Å². The summed E-state index contributed by atoms with van der Waals surface area (Å²) < 4.78 is 5.08. The van der Waals surface area contributed by atoms with Gasteiger partial charge in [-0.3, -0.25) is 5.32 Å². The highest BCUT2D eigenvalue weighted by Gasteiger charge is 2.24. The molecule has 0 amide bonds. The van der Waals surface area contributed by atoms with Crippen molar-refractivity contribution >= 4 is 0 Å². The largest absolute Gasteiger partial charge is 0.383 e. The molecule has 0 heterocycles. The number of hydrogen-bond acceptors (Lipinski definition) is 3. The number of nitrogens with two attached hydrogens (primary N) is 1. The van der Waals surface area contributed by atoms with Crippen LogP contribution in [-0.4, -0.2) is 32.3 Å². The quantitative estimate of drug-likeness (QED) is 0.550. The number of methoxy groups -OCH3 is 1. The lowest BCUT2D eigenvalue weighted by Gasteiger charge is -2.31. The van der Waals surface area contributed by atoms with E-state index in [1.54, 1.807) is 7.11 Å². The van der Waals surface area contributed by atoms with E-state index in [1.807, 2.05) is 0 Å². The Labute approximate surface area is 74.7 Å². The van der Waals surface area contributed by atoms with Gasteiger partial charge in [0.05, 0.1) is 18.7 Å². The maximum atomic E-state index is 5.63. The fraction of sp³-hybridized carbons (Fsp3) is 0.778. The molecule has 0 aliphatic carbocycles. The molecule has 0 spiro atoms. The SMILES string of the molecule is C#CCNC(CC)(CN)COC. The van der Waals surface area contributed by atoms with Crippen LogP contribution in [0.25, 0.3) is 0 Å². The lowest BCUT2D eigenvalue weighted by molar-refractivity contribution is 0.113. The maximum Gasteiger partial charge on any atom is 0.0657 e. The second-order valence-electron chi connectivity index (χ2n) is 2.83. The smallest absolute Gasteiger partial charge is 0.0657 e. The summed E-state index contributed by atoms with van der Waals surface area (Å²) in [6.45, 7) is 3.74. The van der Waals surface area contributed by atoms with E-state index in [9.17, 15) is 0 Å². The van der Waals surface area contributed by atoms with Gasteiger partial charge in [-0.1, -0.05) is 12.8 Å². The molecule has 0 bridgehead atoms. The summed E-state index contributed by atoms with van der Waals surface area (Å²) in [5.74, 6) is 2.53. The molecule has 0 aromatic heterocycles. The molecular formula is C9H18N2O. The number of nitrogens with one attached hydrogen (secondary N) is 1. The van der Waals surface area contributed by atoms with Gasteiger partial charge >= 0.3 is 0 Å². The van der Waals surface area contributed by atoms with Crippen LogP contribution in [-0.2, 0) is 4.74 Å². The van der Waals surface area contributed by atoms with Gasteiger partial charge in [0.2, 0.25) is 0 Å². The molecule has 0 aliphatic rings. The fourth-order valence-corrected chi connectivity index (χ4v) is 1.07. The van der Waals surface area contributed by atoms with Crippen LogP contribution in [0.1, 0.15) is 13.3 Å². The van der Waals surface area contributed by atoms with E-state index >= 15 is 0 Å². The van der Waals surface area contributed by atoms with E-state index in [-0.39, 0.29) is 5.54 Å². The van der Waals surface area contributed by atoms with Crippen molar-refractivity contribution in [3.05, 3.63) is 0 Å². The topological polar surface area (TPSA) is 47.3 Å². The normalized spacial score (nSPS) is 15.2. The van der Waals surface area contributed by atoms with Crippen LogP contribution < -0.4 is 11.1 Å². The molecule has 0 aliphatic heterocycles. The number of terminal acetylenes is 1. The Bertz CT molecular complexity index is 147. The number of ether oxygens (including phenoxy) is 1. The molecule has 0 fully saturated rings. The van der Waals surface area contributed by atoms with Crippen LogP contribution in [0.2, 0.25) is 0 Å². The van der Waals surface area contributed by atoms with Gasteiger partial charge in [0.25, 0.3) is 0 Å². The third-order valence-corrected chi connectivity index (χ3v) is 2.05. The molecule has 0 aromatic rings. The number of hydrogen-bond donors (Lipinski definition) is 2. The average Bonchev–Trinajstić information content (AvgIpc) is 2.13. The Morgan fingerprint density at radius 2 is 2.33 bits per heavy atom. The summed E-state index contributed by atoms with van der Waals surface area (Å²) in [6.07, 6.45) is 6.06. The minimum atomic E-state index is -0.152. The monoisotopic (exact) mass is 170 g/mol. The van der Waals surface area contributed by atoms with Crippen molar-refractivity contribution in [2.75, 3.05) is 26.8 Å². The molecular weight excluding hydrogens is 152 g/mol. The van der Waals surface area contributed by atoms with Crippen molar-refractivity contribution in [3.8, 4) is 12.3 Å². The average molecular weight is 170 g/mol. The minimum absolute atomic E-state index is 0.152. The zero-order valence-electron chi connectivity index (χ0n) is 7.89. The predicted octanol–water partition coefficient (Wildman–Crippen LogP) is -0.0369. The molecule has 0 saturated heterocycles. The zero-order valence-corrected chi connectivity index (χ0v) is 7.89. The van der Waals surface area contributed by atoms with Crippen molar-refractivity contribution in [3.63, 3.8) is 0 Å². The fourth-order valence-electron chi connectivity index (χ4n) is 1.07. The highest BCUT2D eigenvalue weighted by molar-refractivity contribution is 4.95. The van der Waals surface area contributed by atoms with Crippen molar-refractivity contribution in [2.45, 2.75) is 18.9 Å². The van der Waals surface area contributed by atoms with E-state index in [0.29, 0.717) is 19.7 Å². The Morgan fingerprint density at radius 3 is 2.67 bits per heavy atom. The molecule has 3 nitrogen and oxygen atoms in total. The van der Waals surface area contributed by atoms with Gasteiger partial charge in [0, 0.05) is 13.7 Å². The minimum Gasteiger partial charge on any atom is -0.383 e. The molecule has 3 heteroatoms. The highest BCUT2D eigenvalue weighted by atomic mass is 16.5. The van der Waals surface area contributed by atoms with Crippen LogP contribution in [0, 0.1) is 12.3 Å². The molecule has 1 unspecified atom stereocenters. The van der Waals surface area contributed by atoms with Crippen LogP contribution in [0.4, 0.5) is 0 Å². The van der Waals surface area contributed by atoms with E-state index in [1.165, 1.54) is 0 Å². The summed E-state index contributed by atoms with van der Waals surface area (Å²) in [6, 6.07) is 0. The van der Waals surface area contributed by atoms with Gasteiger partial charge in [0.15, 0.2) is 0 Å². The first-order valence-corrected chi connectivity index (χ1v) is 4.12. The highest BCUT2D eigenvalue weighted by Crippen LogP contribution is 2.07. The molecule has 0 saturated carbocycles. The second kappa shape index (κ2) is 6.01. The summed E-state index contributed by atoms with van der Waals surface area (Å²) >= 11 is 0. The lowest BCUT2D eigenvalue weighted by atomic mass is 9.97. The van der Waals surface area contributed by atoms with E-state index in [2.05, 4.69) is 18.2 Å². The molecule has 0 rings (SSSR count). The predicted molar refractivity (Wildman–Crippen MR) is 50.8 cm³/mol. The van der Waals surface area contributed by atoms with Crippen LogP contribution in [0.15, 0.2) is 0 Å². The molecule has 0 radical (unpaired) electrons. The third-order valence-electron chi connectivity index (χ3n) is 2.05. The van der Waals surface area contributed by atoms with Gasteiger partial charge in [-0.15, -0.1) is 6.42 Å². The van der Waals surface area contributed by atoms with Crippen molar-refractivity contribution in [2.24, 2.45) is 5.73 Å². The second-order valence-corrected chi connectivity index (χ2v) is 2.83. The standard InChI is InChI=1S/C9H18N2O/c1-4-6-11-9(5-2,7-10)8-12-3/h1,11H,5-8,10H2,2-3H3. The van der Waals surface area contributed by atoms with Crippen molar-refractivity contribution in [1.82, 2.24) is 5.32 Å². The summed E-state index contributed by atoms with van der Waals surface area (Å²) in [5, 5.41) is 3.20. The molecule has 3 N–H and O–H groups in total. The Hall–Kier alpha value is -0.560. The van der Waals surface area contributed by atoms with Crippen LogP contribution in [0.5, 0.6) is 0 Å². The zero-order chi connectivity index (χ0) is 9.45. The summed E-state index contributed by atoms with van der Waals surface area (Å²) in [7, 11) is 1.66. The van der Waals surface area contributed by atoms with Gasteiger partial charge in [-0.2, -0.15) is 0 Å². The lowest BCUT2D eigenvalue weighted by Crippen LogP contribution is -2.54.